The van der Waals surface area contributed by atoms with Gasteiger partial charge < -0.3 is 24.7 Å². The molecule has 3 amide bonds. The monoisotopic (exact) mass is 618 g/mol. The van der Waals surface area contributed by atoms with Crippen molar-refractivity contribution in [2.24, 2.45) is 0 Å². The van der Waals surface area contributed by atoms with Crippen LogP contribution in [0.2, 0.25) is 0 Å². The lowest BCUT2D eigenvalue weighted by atomic mass is 10.0. The number of nitrogens with one attached hydrogen (secondary N) is 2. The number of carbonyl (C=O) groups excluding carboxylic acids is 3. The van der Waals surface area contributed by atoms with E-state index in [4.69, 9.17) is 0 Å². The number of amides is 3. The zero-order valence-electron chi connectivity index (χ0n) is 26.7. The number of aromatic nitrogens is 2. The summed E-state index contributed by atoms with van der Waals surface area (Å²) < 4.78 is 0. The summed E-state index contributed by atoms with van der Waals surface area (Å²) in [6.07, 6.45) is 5.42. The van der Waals surface area contributed by atoms with Gasteiger partial charge in [-0.05, 0) is 48.2 Å². The lowest BCUT2D eigenvalue weighted by Crippen LogP contribution is -2.50. The number of likely N-dealkylation sites (N-methyl/N-ethyl adjacent to an activating group) is 1. The highest BCUT2D eigenvalue weighted by Gasteiger charge is 2.25. The Kier molecular flexibility index (Phi) is 9.49. The Labute approximate surface area is 269 Å². The van der Waals surface area contributed by atoms with Gasteiger partial charge in [0.2, 0.25) is 5.91 Å². The van der Waals surface area contributed by atoms with Crippen LogP contribution in [-0.4, -0.2) is 107 Å². The summed E-state index contributed by atoms with van der Waals surface area (Å²) >= 11 is 0. The predicted molar refractivity (Wildman–Crippen MR) is 182 cm³/mol. The second-order valence-electron chi connectivity index (χ2n) is 12.1. The van der Waals surface area contributed by atoms with Gasteiger partial charge in [-0.3, -0.25) is 19.3 Å². The van der Waals surface area contributed by atoms with Crippen LogP contribution >= 0.6 is 0 Å². The van der Waals surface area contributed by atoms with Gasteiger partial charge in [-0.25, -0.2) is 0 Å². The van der Waals surface area contributed by atoms with Gasteiger partial charge in [-0.15, -0.1) is 0 Å². The average Bonchev–Trinajstić information content (AvgIpc) is 3.71. The normalized spacial score (nSPS) is 13.7. The molecule has 6 rings (SSSR count). The summed E-state index contributed by atoms with van der Waals surface area (Å²) in [7, 11) is 1.80. The molecule has 5 aromatic rings. The van der Waals surface area contributed by atoms with Gasteiger partial charge in [0.15, 0.2) is 0 Å². The first-order chi connectivity index (χ1) is 22.4. The minimum Gasteiger partial charge on any atom is -0.361 e. The molecule has 2 aromatic heterocycles. The summed E-state index contributed by atoms with van der Waals surface area (Å²) in [5.41, 5.74) is 5.31. The molecule has 0 saturated carbocycles. The molecule has 1 saturated heterocycles. The molecular weight excluding hydrogens is 576 g/mol. The van der Waals surface area contributed by atoms with E-state index in [1.165, 1.54) is 0 Å². The SMILES string of the molecule is CC(=O)N1CCN(CCN(CCc2c[nH]c3ccccc23)C(=O)c2ccccc2C(=O)N(C)CCc2c[nH]c3ccccc23)CC1. The highest BCUT2D eigenvalue weighted by molar-refractivity contribution is 6.07. The van der Waals surface area contributed by atoms with Gasteiger partial charge in [0.05, 0.1) is 11.1 Å². The van der Waals surface area contributed by atoms with Crippen LogP contribution in [0, 0.1) is 0 Å². The number of benzene rings is 3. The summed E-state index contributed by atoms with van der Waals surface area (Å²) in [6.45, 7) is 6.83. The van der Waals surface area contributed by atoms with Crippen LogP contribution < -0.4 is 0 Å². The number of hydrogen-bond donors (Lipinski definition) is 2. The maximum absolute atomic E-state index is 14.3. The molecule has 9 heteroatoms. The standard InChI is InChI=1S/C37H42N6O3/c1-27(44)42-22-19-41(20-23-42)21-24-43(18-16-29-26-39-35-14-8-6-10-31(29)35)37(46)33-12-4-3-11-32(33)36(45)40(2)17-15-28-25-38-34-13-7-5-9-30(28)34/h3-14,25-26,38-39H,15-24H2,1-2H3. The molecule has 0 aliphatic carbocycles. The van der Waals surface area contributed by atoms with Crippen molar-refractivity contribution in [3.05, 3.63) is 107 Å². The van der Waals surface area contributed by atoms with Crippen molar-refractivity contribution in [2.45, 2.75) is 19.8 Å². The van der Waals surface area contributed by atoms with Crippen LogP contribution in [0.3, 0.4) is 0 Å². The van der Waals surface area contributed by atoms with Gasteiger partial charge in [0, 0.05) is 101 Å². The van der Waals surface area contributed by atoms with Crippen LogP contribution in [0.15, 0.2) is 85.2 Å². The average molecular weight is 619 g/mol. The van der Waals surface area contributed by atoms with Gasteiger partial charge in [-0.2, -0.15) is 0 Å². The Morgan fingerprint density at radius 3 is 1.78 bits per heavy atom. The van der Waals surface area contributed by atoms with Gasteiger partial charge >= 0.3 is 0 Å². The van der Waals surface area contributed by atoms with E-state index in [0.717, 1.165) is 46.0 Å². The lowest BCUT2D eigenvalue weighted by Gasteiger charge is -2.35. The molecule has 0 atom stereocenters. The molecule has 238 valence electrons. The topological polar surface area (TPSA) is 95.8 Å². The van der Waals surface area contributed by atoms with E-state index in [9.17, 15) is 14.4 Å². The second kappa shape index (κ2) is 14.0. The molecule has 9 nitrogen and oxygen atoms in total. The predicted octanol–water partition coefficient (Wildman–Crippen LogP) is 4.81. The molecule has 1 aliphatic rings. The number of piperazine rings is 1. The Morgan fingerprint density at radius 1 is 0.674 bits per heavy atom. The smallest absolute Gasteiger partial charge is 0.254 e. The molecular formula is C37H42N6O3. The maximum Gasteiger partial charge on any atom is 0.254 e. The zero-order valence-corrected chi connectivity index (χ0v) is 26.7. The van der Waals surface area contributed by atoms with E-state index in [0.29, 0.717) is 63.2 Å². The number of hydrogen-bond acceptors (Lipinski definition) is 4. The number of rotatable bonds is 11. The first kappa shape index (κ1) is 31.1. The van der Waals surface area contributed by atoms with Crippen molar-refractivity contribution in [1.29, 1.82) is 0 Å². The third kappa shape index (κ3) is 6.84. The molecule has 3 heterocycles. The second-order valence-corrected chi connectivity index (χ2v) is 12.1. The van der Waals surface area contributed by atoms with Crippen LogP contribution in [-0.2, 0) is 17.6 Å². The molecule has 0 unspecified atom stereocenters. The minimum absolute atomic E-state index is 0.0999. The van der Waals surface area contributed by atoms with Gasteiger partial charge in [-0.1, -0.05) is 48.5 Å². The van der Waals surface area contributed by atoms with Crippen molar-refractivity contribution in [1.82, 2.24) is 29.6 Å². The van der Waals surface area contributed by atoms with Crippen molar-refractivity contribution in [3.63, 3.8) is 0 Å². The highest BCUT2D eigenvalue weighted by atomic mass is 16.2. The van der Waals surface area contributed by atoms with E-state index >= 15 is 0 Å². The molecule has 3 aromatic carbocycles. The molecule has 46 heavy (non-hydrogen) atoms. The van der Waals surface area contributed by atoms with Crippen molar-refractivity contribution >= 4 is 39.5 Å². The van der Waals surface area contributed by atoms with Crippen molar-refractivity contribution in [3.8, 4) is 0 Å². The van der Waals surface area contributed by atoms with E-state index in [1.807, 2.05) is 64.7 Å². The first-order valence-corrected chi connectivity index (χ1v) is 16.1. The number of aromatic amines is 2. The van der Waals surface area contributed by atoms with E-state index < -0.39 is 0 Å². The number of nitrogens with zero attached hydrogens (tertiary/aromatic N) is 4. The number of H-pyrrole nitrogens is 2. The first-order valence-electron chi connectivity index (χ1n) is 16.1. The Hall–Kier alpha value is -4.89. The largest absolute Gasteiger partial charge is 0.361 e. The van der Waals surface area contributed by atoms with Crippen molar-refractivity contribution in [2.75, 3.05) is 59.4 Å². The number of carbonyl (C=O) groups is 3. The molecule has 0 radical (unpaired) electrons. The fourth-order valence-corrected chi connectivity index (χ4v) is 6.42. The Balaban J connectivity index is 1.18. The minimum atomic E-state index is -0.166. The fraction of sp³-hybridized carbons (Fsp3) is 0.324. The fourth-order valence-electron chi connectivity index (χ4n) is 6.42. The summed E-state index contributed by atoms with van der Waals surface area (Å²) in [5, 5.41) is 2.31. The quantitative estimate of drug-likeness (QED) is 0.222. The van der Waals surface area contributed by atoms with E-state index in [1.54, 1.807) is 31.0 Å². The van der Waals surface area contributed by atoms with Gasteiger partial charge in [0.1, 0.15) is 0 Å². The highest BCUT2D eigenvalue weighted by Crippen LogP contribution is 2.21. The van der Waals surface area contributed by atoms with E-state index in [-0.39, 0.29) is 17.7 Å². The molecule has 0 bridgehead atoms. The number of para-hydroxylation sites is 2. The van der Waals surface area contributed by atoms with Crippen LogP contribution in [0.5, 0.6) is 0 Å². The van der Waals surface area contributed by atoms with Crippen molar-refractivity contribution < 1.29 is 14.4 Å². The van der Waals surface area contributed by atoms with Crippen LogP contribution in [0.4, 0.5) is 0 Å². The van der Waals surface area contributed by atoms with Crippen LogP contribution in [0.25, 0.3) is 21.8 Å². The molecule has 1 fully saturated rings. The third-order valence-electron chi connectivity index (χ3n) is 9.24. The lowest BCUT2D eigenvalue weighted by molar-refractivity contribution is -0.130. The van der Waals surface area contributed by atoms with Crippen LogP contribution in [0.1, 0.15) is 38.8 Å². The third-order valence-corrected chi connectivity index (χ3v) is 9.24. The maximum atomic E-state index is 14.3. The summed E-state index contributed by atoms with van der Waals surface area (Å²) in [6, 6.07) is 23.5. The van der Waals surface area contributed by atoms with E-state index in [2.05, 4.69) is 33.1 Å². The number of fused-ring (bicyclic) bond motifs is 2. The summed E-state index contributed by atoms with van der Waals surface area (Å²) in [5.74, 6) is -0.209. The zero-order chi connectivity index (χ0) is 32.0. The molecule has 2 N–H and O–H groups in total. The summed E-state index contributed by atoms with van der Waals surface area (Å²) in [4.78, 5) is 54.3. The Morgan fingerprint density at radius 2 is 1.20 bits per heavy atom. The molecule has 1 aliphatic heterocycles. The Bertz CT molecular complexity index is 1830. The molecule has 0 spiro atoms. The van der Waals surface area contributed by atoms with Gasteiger partial charge in [0.25, 0.3) is 11.8 Å².